The minimum Gasteiger partial charge on any atom is -0.469 e. The SMILES string of the molecule is C=CC[C@H]1CNC[C@@]1(C)C(=O)OC. The first-order valence-electron chi connectivity index (χ1n) is 4.55. The minimum absolute atomic E-state index is 0.121. The maximum absolute atomic E-state index is 11.5. The van der Waals surface area contributed by atoms with Crippen molar-refractivity contribution >= 4 is 5.97 Å². The van der Waals surface area contributed by atoms with E-state index in [4.69, 9.17) is 4.74 Å². The molecule has 1 N–H and O–H groups in total. The second-order valence-corrected chi connectivity index (χ2v) is 3.76. The summed E-state index contributed by atoms with van der Waals surface area (Å²) in [4.78, 5) is 11.5. The van der Waals surface area contributed by atoms with E-state index in [0.717, 1.165) is 13.0 Å². The molecule has 0 bridgehead atoms. The Morgan fingerprint density at radius 1 is 1.85 bits per heavy atom. The van der Waals surface area contributed by atoms with Gasteiger partial charge in [-0.3, -0.25) is 4.79 Å². The van der Waals surface area contributed by atoms with E-state index in [1.165, 1.54) is 7.11 Å². The fourth-order valence-corrected chi connectivity index (χ4v) is 1.89. The molecular formula is C10H17NO2. The van der Waals surface area contributed by atoms with Crippen molar-refractivity contribution in [2.45, 2.75) is 13.3 Å². The van der Waals surface area contributed by atoms with Gasteiger partial charge in [0.1, 0.15) is 0 Å². The first-order valence-corrected chi connectivity index (χ1v) is 4.55. The van der Waals surface area contributed by atoms with Crippen LogP contribution in [0, 0.1) is 11.3 Å². The van der Waals surface area contributed by atoms with E-state index in [1.54, 1.807) is 0 Å². The molecule has 1 fully saturated rings. The van der Waals surface area contributed by atoms with Crippen molar-refractivity contribution in [2.75, 3.05) is 20.2 Å². The predicted octanol–water partition coefficient (Wildman–Crippen LogP) is 0.961. The van der Waals surface area contributed by atoms with Crippen LogP contribution < -0.4 is 5.32 Å². The van der Waals surface area contributed by atoms with Crippen molar-refractivity contribution in [1.82, 2.24) is 5.32 Å². The monoisotopic (exact) mass is 183 g/mol. The van der Waals surface area contributed by atoms with Gasteiger partial charge >= 0.3 is 5.97 Å². The Balaban J connectivity index is 2.74. The summed E-state index contributed by atoms with van der Waals surface area (Å²) in [7, 11) is 1.44. The summed E-state index contributed by atoms with van der Waals surface area (Å²) in [6.07, 6.45) is 2.72. The van der Waals surface area contributed by atoms with E-state index in [-0.39, 0.29) is 11.4 Å². The van der Waals surface area contributed by atoms with Gasteiger partial charge in [0.2, 0.25) is 0 Å². The van der Waals surface area contributed by atoms with Crippen LogP contribution in [0.1, 0.15) is 13.3 Å². The molecule has 1 rings (SSSR count). The third-order valence-electron chi connectivity index (χ3n) is 2.89. The standard InChI is InChI=1S/C10H17NO2/c1-4-5-8-6-11-7-10(8,2)9(12)13-3/h4,8,11H,1,5-7H2,2-3H3/t8-,10+/m0/s1. The van der Waals surface area contributed by atoms with E-state index in [9.17, 15) is 4.79 Å². The summed E-state index contributed by atoms with van der Waals surface area (Å²) in [5.74, 6) is 0.196. The normalized spacial score (nSPS) is 32.9. The van der Waals surface area contributed by atoms with Crippen LogP contribution in [0.3, 0.4) is 0 Å². The second kappa shape index (κ2) is 3.92. The van der Waals surface area contributed by atoms with Gasteiger partial charge in [-0.15, -0.1) is 6.58 Å². The average molecular weight is 183 g/mol. The molecule has 0 aromatic carbocycles. The molecule has 0 aromatic heterocycles. The summed E-state index contributed by atoms with van der Waals surface area (Å²) >= 11 is 0. The lowest BCUT2D eigenvalue weighted by Gasteiger charge is -2.26. The van der Waals surface area contributed by atoms with E-state index in [2.05, 4.69) is 11.9 Å². The minimum atomic E-state index is -0.372. The van der Waals surface area contributed by atoms with Gasteiger partial charge < -0.3 is 10.1 Å². The number of nitrogens with one attached hydrogen (secondary N) is 1. The number of allylic oxidation sites excluding steroid dienone is 1. The molecule has 0 spiro atoms. The highest BCUT2D eigenvalue weighted by molar-refractivity contribution is 5.77. The highest BCUT2D eigenvalue weighted by Crippen LogP contribution is 2.34. The zero-order valence-corrected chi connectivity index (χ0v) is 8.30. The zero-order chi connectivity index (χ0) is 9.90. The van der Waals surface area contributed by atoms with E-state index >= 15 is 0 Å². The number of hydrogen-bond donors (Lipinski definition) is 1. The highest BCUT2D eigenvalue weighted by Gasteiger charge is 2.45. The Morgan fingerprint density at radius 3 is 3.08 bits per heavy atom. The molecule has 13 heavy (non-hydrogen) atoms. The molecule has 1 saturated heterocycles. The molecule has 0 amide bonds. The van der Waals surface area contributed by atoms with Gasteiger partial charge in [-0.1, -0.05) is 6.08 Å². The number of rotatable bonds is 3. The lowest BCUT2D eigenvalue weighted by atomic mass is 9.78. The molecule has 3 heteroatoms. The second-order valence-electron chi connectivity index (χ2n) is 3.76. The summed E-state index contributed by atoms with van der Waals surface area (Å²) < 4.78 is 4.80. The number of carbonyl (C=O) groups excluding carboxylic acids is 1. The van der Waals surface area contributed by atoms with Crippen LogP contribution in [-0.4, -0.2) is 26.2 Å². The van der Waals surface area contributed by atoms with Crippen LogP contribution in [0.4, 0.5) is 0 Å². The fraction of sp³-hybridized carbons (Fsp3) is 0.700. The van der Waals surface area contributed by atoms with Gasteiger partial charge in [-0.25, -0.2) is 0 Å². The lowest BCUT2D eigenvalue weighted by Crippen LogP contribution is -2.36. The van der Waals surface area contributed by atoms with Gasteiger partial charge in [-0.05, 0) is 25.8 Å². The van der Waals surface area contributed by atoms with Crippen LogP contribution in [0.25, 0.3) is 0 Å². The lowest BCUT2D eigenvalue weighted by molar-refractivity contribution is -0.152. The molecule has 0 aliphatic carbocycles. The fourth-order valence-electron chi connectivity index (χ4n) is 1.89. The number of carbonyl (C=O) groups is 1. The number of methoxy groups -OCH3 is 1. The number of hydrogen-bond acceptors (Lipinski definition) is 3. The van der Waals surface area contributed by atoms with Gasteiger partial charge in [0, 0.05) is 6.54 Å². The van der Waals surface area contributed by atoms with E-state index in [1.807, 2.05) is 13.0 Å². The van der Waals surface area contributed by atoms with Crippen molar-refractivity contribution in [1.29, 1.82) is 0 Å². The van der Waals surface area contributed by atoms with E-state index in [0.29, 0.717) is 12.5 Å². The van der Waals surface area contributed by atoms with E-state index < -0.39 is 0 Å². The first kappa shape index (κ1) is 10.3. The topological polar surface area (TPSA) is 38.3 Å². The summed E-state index contributed by atoms with van der Waals surface area (Å²) in [6.45, 7) is 7.23. The van der Waals surface area contributed by atoms with Gasteiger partial charge in [0.25, 0.3) is 0 Å². The van der Waals surface area contributed by atoms with Gasteiger partial charge in [0.05, 0.1) is 12.5 Å². The molecule has 0 radical (unpaired) electrons. The third-order valence-corrected chi connectivity index (χ3v) is 2.89. The Morgan fingerprint density at radius 2 is 2.54 bits per heavy atom. The van der Waals surface area contributed by atoms with Crippen molar-refractivity contribution < 1.29 is 9.53 Å². The molecular weight excluding hydrogens is 166 g/mol. The van der Waals surface area contributed by atoms with Crippen molar-refractivity contribution in [3.63, 3.8) is 0 Å². The third kappa shape index (κ3) is 1.75. The molecule has 1 aliphatic rings. The molecule has 0 aromatic rings. The maximum Gasteiger partial charge on any atom is 0.313 e. The van der Waals surface area contributed by atoms with Crippen LogP contribution in [0.15, 0.2) is 12.7 Å². The van der Waals surface area contributed by atoms with Crippen molar-refractivity contribution in [3.05, 3.63) is 12.7 Å². The summed E-state index contributed by atoms with van der Waals surface area (Å²) in [5, 5.41) is 3.21. The van der Waals surface area contributed by atoms with Crippen molar-refractivity contribution in [2.24, 2.45) is 11.3 Å². The van der Waals surface area contributed by atoms with Crippen molar-refractivity contribution in [3.8, 4) is 0 Å². The molecule has 3 nitrogen and oxygen atoms in total. The average Bonchev–Trinajstić information content (AvgIpc) is 2.49. The number of ether oxygens (including phenoxy) is 1. The Labute approximate surface area is 79.2 Å². The van der Waals surface area contributed by atoms with Gasteiger partial charge in [-0.2, -0.15) is 0 Å². The Bertz CT molecular complexity index is 215. The predicted molar refractivity (Wildman–Crippen MR) is 51.3 cm³/mol. The largest absolute Gasteiger partial charge is 0.469 e. The van der Waals surface area contributed by atoms with Crippen LogP contribution in [0.5, 0.6) is 0 Å². The quantitative estimate of drug-likeness (QED) is 0.523. The van der Waals surface area contributed by atoms with Gasteiger partial charge in [0.15, 0.2) is 0 Å². The molecule has 0 unspecified atom stereocenters. The molecule has 0 saturated carbocycles. The molecule has 74 valence electrons. The van der Waals surface area contributed by atoms with Crippen LogP contribution in [-0.2, 0) is 9.53 Å². The highest BCUT2D eigenvalue weighted by atomic mass is 16.5. The smallest absolute Gasteiger partial charge is 0.313 e. The van der Waals surface area contributed by atoms with Crippen LogP contribution >= 0.6 is 0 Å². The molecule has 1 heterocycles. The summed E-state index contributed by atoms with van der Waals surface area (Å²) in [5.41, 5.74) is -0.372. The number of esters is 1. The zero-order valence-electron chi connectivity index (χ0n) is 8.30. The Kier molecular flexibility index (Phi) is 3.09. The molecule has 2 atom stereocenters. The molecule has 1 aliphatic heterocycles. The van der Waals surface area contributed by atoms with Crippen LogP contribution in [0.2, 0.25) is 0 Å². The summed E-state index contributed by atoms with van der Waals surface area (Å²) in [6, 6.07) is 0. The maximum atomic E-state index is 11.5. The first-order chi connectivity index (χ1) is 6.15. The Hall–Kier alpha value is -0.830.